The number of benzene rings is 2. The van der Waals surface area contributed by atoms with E-state index in [9.17, 15) is 14.4 Å². The molecule has 1 aliphatic rings. The van der Waals surface area contributed by atoms with Gasteiger partial charge in [0.25, 0.3) is 5.91 Å². The van der Waals surface area contributed by atoms with Gasteiger partial charge in [-0.2, -0.15) is 0 Å². The standard InChI is InChI=1S/C29H37N3O6/c1-29(2,3)38-28(35)30-25(20-36-18-21-11-6-4-7-12-21)26(33)32-31-24-16-10-15-23(17-24)27(34)37-19-22-13-8-5-9-14-22/h4-9,11-14,17,23,25,31H,10,15-16,18-20H2,1-3H3,(H,30,35)(H,32,33)/t23?,25-/m1/s1. The first-order valence-electron chi connectivity index (χ1n) is 12.8. The Hall–Kier alpha value is -3.85. The summed E-state index contributed by atoms with van der Waals surface area (Å²) < 4.78 is 16.5. The van der Waals surface area contributed by atoms with E-state index in [1.165, 1.54) is 0 Å². The monoisotopic (exact) mass is 523 g/mol. The maximum Gasteiger partial charge on any atom is 0.408 e. The van der Waals surface area contributed by atoms with E-state index >= 15 is 0 Å². The minimum absolute atomic E-state index is 0.0604. The van der Waals surface area contributed by atoms with Gasteiger partial charge >= 0.3 is 12.1 Å². The van der Waals surface area contributed by atoms with Gasteiger partial charge in [0.05, 0.1) is 19.1 Å². The molecule has 1 aliphatic carbocycles. The zero-order chi connectivity index (χ0) is 27.4. The van der Waals surface area contributed by atoms with Crippen molar-refractivity contribution >= 4 is 18.0 Å². The topological polar surface area (TPSA) is 115 Å². The van der Waals surface area contributed by atoms with Crippen molar-refractivity contribution in [3.8, 4) is 0 Å². The summed E-state index contributed by atoms with van der Waals surface area (Å²) in [6.45, 7) is 5.66. The fourth-order valence-electron chi connectivity index (χ4n) is 3.78. The Morgan fingerprint density at radius 3 is 2.21 bits per heavy atom. The van der Waals surface area contributed by atoms with Crippen LogP contribution in [0.1, 0.15) is 51.2 Å². The molecule has 3 N–H and O–H groups in total. The van der Waals surface area contributed by atoms with E-state index in [1.54, 1.807) is 26.8 Å². The van der Waals surface area contributed by atoms with Crippen LogP contribution < -0.4 is 16.2 Å². The highest BCUT2D eigenvalue weighted by molar-refractivity contribution is 5.85. The predicted molar refractivity (Wildman–Crippen MR) is 142 cm³/mol. The Bertz CT molecular complexity index is 1080. The maximum absolute atomic E-state index is 13.0. The molecule has 0 bridgehead atoms. The number of nitrogens with one attached hydrogen (secondary N) is 3. The summed E-state index contributed by atoms with van der Waals surface area (Å²) in [6.07, 6.45) is 3.15. The second-order valence-corrected chi connectivity index (χ2v) is 10.1. The van der Waals surface area contributed by atoms with Gasteiger partial charge < -0.3 is 25.0 Å². The number of hydrogen-bond donors (Lipinski definition) is 3. The first-order valence-corrected chi connectivity index (χ1v) is 12.8. The molecule has 2 aromatic rings. The summed E-state index contributed by atoms with van der Waals surface area (Å²) in [5.74, 6) is -1.21. The minimum atomic E-state index is -1.00. The summed E-state index contributed by atoms with van der Waals surface area (Å²) in [7, 11) is 0. The number of alkyl carbamates (subject to hydrolysis) is 1. The second-order valence-electron chi connectivity index (χ2n) is 10.1. The number of amides is 2. The third kappa shape index (κ3) is 10.3. The van der Waals surface area contributed by atoms with E-state index in [-0.39, 0.29) is 25.8 Å². The fraction of sp³-hybridized carbons (Fsp3) is 0.414. The van der Waals surface area contributed by atoms with Gasteiger partial charge in [0.2, 0.25) is 0 Å². The SMILES string of the molecule is CC(C)(C)OC(=O)N[C@H](COCc1ccccc1)C(=O)NNC1=CC(C(=O)OCc2ccccc2)CCC1. The minimum Gasteiger partial charge on any atom is -0.460 e. The zero-order valence-corrected chi connectivity index (χ0v) is 22.2. The molecular formula is C29H37N3O6. The van der Waals surface area contributed by atoms with Crippen molar-refractivity contribution in [2.45, 2.75) is 64.9 Å². The Labute approximate surface area is 223 Å². The molecule has 2 amide bonds. The number of hydrogen-bond acceptors (Lipinski definition) is 7. The first-order chi connectivity index (χ1) is 18.2. The molecule has 0 aliphatic heterocycles. The second kappa shape index (κ2) is 14.2. The number of carbonyl (C=O) groups excluding carboxylic acids is 3. The van der Waals surface area contributed by atoms with Crippen molar-refractivity contribution in [2.24, 2.45) is 5.92 Å². The summed E-state index contributed by atoms with van der Waals surface area (Å²) >= 11 is 0. The number of allylic oxidation sites excluding steroid dienone is 1. The molecule has 2 aromatic carbocycles. The van der Waals surface area contributed by atoms with Crippen LogP contribution in [0.2, 0.25) is 0 Å². The molecule has 0 fully saturated rings. The molecule has 0 heterocycles. The van der Waals surface area contributed by atoms with Gasteiger partial charge in [-0.25, -0.2) is 4.79 Å². The van der Waals surface area contributed by atoms with Gasteiger partial charge in [-0.05, 0) is 57.2 Å². The largest absolute Gasteiger partial charge is 0.460 e. The van der Waals surface area contributed by atoms with E-state index in [0.29, 0.717) is 18.5 Å². The van der Waals surface area contributed by atoms with Crippen molar-refractivity contribution in [1.82, 2.24) is 16.2 Å². The molecule has 0 saturated carbocycles. The fourth-order valence-corrected chi connectivity index (χ4v) is 3.78. The molecule has 2 atom stereocenters. The van der Waals surface area contributed by atoms with Crippen LogP contribution in [-0.4, -0.2) is 36.2 Å². The molecule has 0 aromatic heterocycles. The van der Waals surface area contributed by atoms with Crippen LogP contribution >= 0.6 is 0 Å². The average molecular weight is 524 g/mol. The smallest absolute Gasteiger partial charge is 0.408 e. The predicted octanol–water partition coefficient (Wildman–Crippen LogP) is 4.14. The number of rotatable bonds is 11. The van der Waals surface area contributed by atoms with Crippen LogP contribution in [-0.2, 0) is 37.0 Å². The molecule has 204 valence electrons. The Morgan fingerprint density at radius 2 is 1.58 bits per heavy atom. The van der Waals surface area contributed by atoms with Crippen molar-refractivity contribution in [3.05, 3.63) is 83.6 Å². The molecule has 9 heteroatoms. The molecule has 0 spiro atoms. The van der Waals surface area contributed by atoms with Crippen molar-refractivity contribution in [1.29, 1.82) is 0 Å². The van der Waals surface area contributed by atoms with Crippen LogP contribution in [0.3, 0.4) is 0 Å². The molecule has 0 radical (unpaired) electrons. The van der Waals surface area contributed by atoms with Gasteiger partial charge in [-0.15, -0.1) is 0 Å². The third-order valence-corrected chi connectivity index (χ3v) is 5.64. The van der Waals surface area contributed by atoms with Crippen molar-refractivity contribution < 1.29 is 28.6 Å². The van der Waals surface area contributed by atoms with E-state index in [4.69, 9.17) is 14.2 Å². The molecule has 38 heavy (non-hydrogen) atoms. The highest BCUT2D eigenvalue weighted by Crippen LogP contribution is 2.22. The maximum atomic E-state index is 13.0. The van der Waals surface area contributed by atoms with Crippen LogP contribution in [0.15, 0.2) is 72.4 Å². The molecule has 3 rings (SSSR count). The number of esters is 1. The van der Waals surface area contributed by atoms with Crippen molar-refractivity contribution in [3.63, 3.8) is 0 Å². The Kier molecular flexibility index (Phi) is 10.7. The third-order valence-electron chi connectivity index (χ3n) is 5.64. The Morgan fingerprint density at radius 1 is 0.947 bits per heavy atom. The van der Waals surface area contributed by atoms with Crippen LogP contribution in [0.5, 0.6) is 0 Å². The molecule has 0 saturated heterocycles. The van der Waals surface area contributed by atoms with E-state index in [0.717, 1.165) is 17.5 Å². The van der Waals surface area contributed by atoms with Crippen LogP contribution in [0, 0.1) is 5.92 Å². The highest BCUT2D eigenvalue weighted by Gasteiger charge is 2.26. The van der Waals surface area contributed by atoms with Gasteiger partial charge in [0, 0.05) is 5.70 Å². The van der Waals surface area contributed by atoms with E-state index in [1.807, 2.05) is 60.7 Å². The Balaban J connectivity index is 1.54. The summed E-state index contributed by atoms with van der Waals surface area (Å²) in [5.41, 5.74) is 7.37. The number of carbonyl (C=O) groups is 3. The van der Waals surface area contributed by atoms with E-state index < -0.39 is 29.6 Å². The van der Waals surface area contributed by atoms with Gasteiger partial charge in [0.1, 0.15) is 18.2 Å². The molecule has 9 nitrogen and oxygen atoms in total. The van der Waals surface area contributed by atoms with Gasteiger partial charge in [-0.1, -0.05) is 60.7 Å². The lowest BCUT2D eigenvalue weighted by Gasteiger charge is -2.25. The number of ether oxygens (including phenoxy) is 3. The van der Waals surface area contributed by atoms with Crippen LogP contribution in [0.25, 0.3) is 0 Å². The summed E-state index contributed by atoms with van der Waals surface area (Å²) in [4.78, 5) is 37.9. The lowest BCUT2D eigenvalue weighted by atomic mass is 9.94. The quantitative estimate of drug-likeness (QED) is 0.299. The van der Waals surface area contributed by atoms with E-state index in [2.05, 4.69) is 16.2 Å². The summed E-state index contributed by atoms with van der Waals surface area (Å²) in [6, 6.07) is 18.0. The van der Waals surface area contributed by atoms with Crippen LogP contribution in [0.4, 0.5) is 4.79 Å². The first kappa shape index (κ1) is 28.7. The normalized spacial score (nSPS) is 16.0. The average Bonchev–Trinajstić information content (AvgIpc) is 2.90. The lowest BCUT2D eigenvalue weighted by Crippen LogP contribution is -2.53. The van der Waals surface area contributed by atoms with Gasteiger partial charge in [0.15, 0.2) is 0 Å². The molecule has 1 unspecified atom stereocenters. The number of hydrazine groups is 1. The molecular weight excluding hydrogens is 486 g/mol. The summed E-state index contributed by atoms with van der Waals surface area (Å²) in [5, 5.41) is 2.57. The zero-order valence-electron chi connectivity index (χ0n) is 22.2. The van der Waals surface area contributed by atoms with Crippen molar-refractivity contribution in [2.75, 3.05) is 6.61 Å². The van der Waals surface area contributed by atoms with Gasteiger partial charge in [-0.3, -0.25) is 15.0 Å². The lowest BCUT2D eigenvalue weighted by molar-refractivity contribution is -0.148. The highest BCUT2D eigenvalue weighted by atomic mass is 16.6.